The molecule has 0 spiro atoms. The number of morpholine rings is 1. The Kier molecular flexibility index (Phi) is 7.00. The first-order valence-corrected chi connectivity index (χ1v) is 11.5. The second-order valence-electron chi connectivity index (χ2n) is 7.89. The van der Waals surface area contributed by atoms with Crippen molar-refractivity contribution < 1.29 is 4.74 Å². The van der Waals surface area contributed by atoms with Crippen LogP contribution < -0.4 is 10.4 Å². The predicted octanol–water partition coefficient (Wildman–Crippen LogP) is 3.75. The molecule has 2 atom stereocenters. The molecule has 0 radical (unpaired) electrons. The summed E-state index contributed by atoms with van der Waals surface area (Å²) in [5.74, 6) is -0.285. The lowest BCUT2D eigenvalue weighted by Gasteiger charge is -2.35. The highest BCUT2D eigenvalue weighted by atomic mass is 32.2. The fraction of sp³-hybridized carbons (Fsp3) is 0.292. The predicted molar refractivity (Wildman–Crippen MR) is 135 cm³/mol. The topological polar surface area (TPSA) is 114 Å². The zero-order valence-corrected chi connectivity index (χ0v) is 19.5. The molecule has 1 saturated heterocycles. The highest BCUT2D eigenvalue weighted by molar-refractivity contribution is 8.13. The Hall–Kier alpha value is -3.30. The monoisotopic (exact) mass is 461 g/mol. The number of hydrogen-bond donors (Lipinski definition) is 3. The molecule has 3 aromatic rings. The molecule has 1 aliphatic heterocycles. The molecule has 9 heteroatoms. The number of hydrogen-bond acceptors (Lipinski definition) is 8. The molecule has 1 aliphatic rings. The first kappa shape index (κ1) is 22.9. The van der Waals surface area contributed by atoms with E-state index in [-0.39, 0.29) is 16.6 Å². The van der Waals surface area contributed by atoms with Gasteiger partial charge in [-0.1, -0.05) is 17.8 Å². The van der Waals surface area contributed by atoms with Crippen LogP contribution in [0.1, 0.15) is 18.4 Å². The van der Waals surface area contributed by atoms with Crippen LogP contribution in [0.3, 0.4) is 0 Å². The molecule has 1 fully saturated rings. The van der Waals surface area contributed by atoms with Gasteiger partial charge in [-0.3, -0.25) is 25.4 Å². The lowest BCUT2D eigenvalue weighted by molar-refractivity contribution is 0.0989. The van der Waals surface area contributed by atoms with Gasteiger partial charge in [0, 0.05) is 48.5 Å². The molecule has 33 heavy (non-hydrogen) atoms. The molecule has 1 aromatic carbocycles. The summed E-state index contributed by atoms with van der Waals surface area (Å²) in [5, 5.41) is 25.7. The van der Waals surface area contributed by atoms with Crippen LogP contribution in [0, 0.1) is 16.2 Å². The molecule has 8 nitrogen and oxygen atoms in total. The van der Waals surface area contributed by atoms with Crippen molar-refractivity contribution in [3.63, 3.8) is 0 Å². The van der Waals surface area contributed by atoms with Gasteiger partial charge in [-0.2, -0.15) is 0 Å². The van der Waals surface area contributed by atoms with Crippen molar-refractivity contribution in [3.8, 4) is 0 Å². The summed E-state index contributed by atoms with van der Waals surface area (Å²) < 4.78 is 7.08. The average molecular weight is 462 g/mol. The van der Waals surface area contributed by atoms with Gasteiger partial charge in [-0.15, -0.1) is 0 Å². The number of aromatic nitrogens is 2. The third-order valence-electron chi connectivity index (χ3n) is 5.62. The number of thioether (sulfide) groups is 1. The fourth-order valence-corrected chi connectivity index (χ4v) is 4.65. The fourth-order valence-electron chi connectivity index (χ4n) is 3.86. The molecule has 3 heterocycles. The molecule has 4 rings (SSSR count). The minimum Gasteiger partial charge on any atom is -0.377 e. The van der Waals surface area contributed by atoms with Crippen LogP contribution in [0.15, 0.2) is 58.7 Å². The highest BCUT2D eigenvalue weighted by Crippen LogP contribution is 2.28. The van der Waals surface area contributed by atoms with E-state index in [1.807, 2.05) is 24.4 Å². The maximum atomic E-state index is 8.62. The van der Waals surface area contributed by atoms with Crippen LogP contribution in [0.4, 0.5) is 5.69 Å². The van der Waals surface area contributed by atoms with E-state index in [0.717, 1.165) is 33.6 Å². The molecule has 3 N–H and O–H groups in total. The third kappa shape index (κ3) is 5.04. The minimum atomic E-state index is -0.285. The van der Waals surface area contributed by atoms with Gasteiger partial charge in [-0.05, 0) is 42.8 Å². The van der Waals surface area contributed by atoms with Crippen molar-refractivity contribution in [3.05, 3.63) is 59.8 Å². The van der Waals surface area contributed by atoms with Crippen LogP contribution in [0.5, 0.6) is 0 Å². The van der Waals surface area contributed by atoms with E-state index in [4.69, 9.17) is 21.0 Å². The second-order valence-corrected chi connectivity index (χ2v) is 8.95. The van der Waals surface area contributed by atoms with Crippen molar-refractivity contribution in [1.82, 2.24) is 9.55 Å². The van der Waals surface area contributed by atoms with E-state index in [0.29, 0.717) is 19.3 Å². The number of ether oxygens (including phenoxy) is 1. The zero-order valence-electron chi connectivity index (χ0n) is 18.7. The van der Waals surface area contributed by atoms with E-state index < -0.39 is 0 Å². The van der Waals surface area contributed by atoms with Gasteiger partial charge in [0.05, 0.1) is 36.5 Å². The van der Waals surface area contributed by atoms with Gasteiger partial charge in [0.1, 0.15) is 5.49 Å². The van der Waals surface area contributed by atoms with Crippen molar-refractivity contribution in [2.75, 3.05) is 31.7 Å². The van der Waals surface area contributed by atoms with Gasteiger partial charge in [0.2, 0.25) is 0 Å². The summed E-state index contributed by atoms with van der Waals surface area (Å²) in [5.41, 5.74) is 2.99. The van der Waals surface area contributed by atoms with Gasteiger partial charge < -0.3 is 15.0 Å². The third-order valence-corrected chi connectivity index (χ3v) is 6.50. The van der Waals surface area contributed by atoms with Crippen molar-refractivity contribution in [1.29, 1.82) is 16.2 Å². The van der Waals surface area contributed by atoms with E-state index in [9.17, 15) is 0 Å². The minimum absolute atomic E-state index is 0.208. The normalized spacial score (nSPS) is 17.4. The van der Waals surface area contributed by atoms with Crippen molar-refractivity contribution >= 4 is 45.9 Å². The summed E-state index contributed by atoms with van der Waals surface area (Å²) in [4.78, 5) is 11.9. The maximum absolute atomic E-state index is 8.62. The zero-order chi connectivity index (χ0) is 23.4. The second kappa shape index (κ2) is 10.1. The number of nitrogens with one attached hydrogen (secondary N) is 3. The number of fused-ring (bicyclic) bond motifs is 1. The molecule has 2 aromatic heterocycles. The van der Waals surface area contributed by atoms with Gasteiger partial charge in [0.15, 0.2) is 5.17 Å². The Labute approximate surface area is 196 Å². The summed E-state index contributed by atoms with van der Waals surface area (Å²) >= 11 is 1.28. The Balaban J connectivity index is 1.60. The largest absolute Gasteiger partial charge is 0.377 e. The van der Waals surface area contributed by atoms with Crippen molar-refractivity contribution in [2.45, 2.75) is 23.8 Å². The molecule has 2 unspecified atom stereocenters. The van der Waals surface area contributed by atoms with Crippen molar-refractivity contribution in [2.24, 2.45) is 4.99 Å². The number of rotatable bonds is 5. The van der Waals surface area contributed by atoms with Gasteiger partial charge >= 0.3 is 0 Å². The Morgan fingerprint density at radius 2 is 2.15 bits per heavy atom. The van der Waals surface area contributed by atoms with Crippen LogP contribution in [-0.4, -0.2) is 60.0 Å². The Bertz CT molecular complexity index is 1270. The highest BCUT2D eigenvalue weighted by Gasteiger charge is 2.19. The maximum Gasteiger partial charge on any atom is 0.171 e. The molecule has 170 valence electrons. The first-order chi connectivity index (χ1) is 16.0. The van der Waals surface area contributed by atoms with E-state index in [2.05, 4.69) is 27.9 Å². The van der Waals surface area contributed by atoms with E-state index in [1.165, 1.54) is 22.5 Å². The lowest BCUT2D eigenvalue weighted by Crippen LogP contribution is -2.43. The summed E-state index contributed by atoms with van der Waals surface area (Å²) in [6.45, 7) is 4.41. The smallest absolute Gasteiger partial charge is 0.171 e. The number of pyridine rings is 2. The summed E-state index contributed by atoms with van der Waals surface area (Å²) in [6, 6.07) is 11.8. The number of anilines is 1. The van der Waals surface area contributed by atoms with Crippen LogP contribution in [0.2, 0.25) is 0 Å². The molecular formula is C24H27N7OS. The van der Waals surface area contributed by atoms with Crippen LogP contribution in [-0.2, 0) is 4.74 Å². The van der Waals surface area contributed by atoms with Gasteiger partial charge in [-0.25, -0.2) is 0 Å². The molecule has 0 saturated carbocycles. The SMILES string of the molecule is CN=CC(C=N)c1ccc(=N)n(C(=N)Sc2ccc3ncc(N4CCOCC4C)cc3c2)c1. The number of benzene rings is 1. The lowest BCUT2D eigenvalue weighted by atomic mass is 10.0. The summed E-state index contributed by atoms with van der Waals surface area (Å²) in [6.07, 6.45) is 6.62. The quantitative estimate of drug-likeness (QED) is 0.305. The van der Waals surface area contributed by atoms with Crippen LogP contribution in [0.25, 0.3) is 10.9 Å². The molecule has 0 amide bonds. The molecule has 0 aliphatic carbocycles. The number of nitrogens with zero attached hydrogens (tertiary/aromatic N) is 4. The molecule has 0 bridgehead atoms. The number of aliphatic imine (C=N–C) groups is 1. The van der Waals surface area contributed by atoms with E-state index in [1.54, 1.807) is 31.6 Å². The average Bonchev–Trinajstić information content (AvgIpc) is 2.83. The Morgan fingerprint density at radius 3 is 2.91 bits per heavy atom. The van der Waals surface area contributed by atoms with E-state index >= 15 is 0 Å². The van der Waals surface area contributed by atoms with Crippen LogP contribution >= 0.6 is 11.8 Å². The summed E-state index contributed by atoms with van der Waals surface area (Å²) in [7, 11) is 1.67. The molecular weight excluding hydrogens is 434 g/mol. The standard InChI is InChI=1S/C24H27N7OS/c1-16-15-32-8-7-30(16)20-9-18-10-21(4-5-22(18)29-13-20)33-24(27)31-14-17(3-6-23(31)26)19(11-25)12-28-2/h3-6,9-14,16,19,25-27H,7-8,15H2,1-2H3. The first-order valence-electron chi connectivity index (χ1n) is 10.7. The van der Waals surface area contributed by atoms with Gasteiger partial charge in [0.25, 0.3) is 0 Å². The Morgan fingerprint density at radius 1 is 1.30 bits per heavy atom.